The van der Waals surface area contributed by atoms with Gasteiger partial charge in [0.25, 0.3) is 5.91 Å². The van der Waals surface area contributed by atoms with Gasteiger partial charge in [0, 0.05) is 11.6 Å². The summed E-state index contributed by atoms with van der Waals surface area (Å²) >= 11 is 0. The lowest BCUT2D eigenvalue weighted by Gasteiger charge is -2.12. The number of benzene rings is 2. The van der Waals surface area contributed by atoms with Crippen LogP contribution in [0.2, 0.25) is 0 Å². The van der Waals surface area contributed by atoms with E-state index in [0.717, 1.165) is 16.9 Å². The molecule has 2 aromatic heterocycles. The number of nitrogens with one attached hydrogen (secondary N) is 1. The van der Waals surface area contributed by atoms with Crippen molar-refractivity contribution in [3.63, 3.8) is 0 Å². The van der Waals surface area contributed by atoms with Gasteiger partial charge in [-0.25, -0.2) is 14.6 Å². The van der Waals surface area contributed by atoms with Gasteiger partial charge < -0.3 is 10.1 Å². The standard InChI is InChI=1S/C19H17N7O2/c1-11-12(2)22-17-8-13(4-6-15(17)21-11)19(27)23-16-7-5-14(9-18(16)28-3)26-10-20-24-25-26/h4-10H,1-3H3,(H,23,27). The molecule has 9 nitrogen and oxygen atoms in total. The minimum absolute atomic E-state index is 0.268. The van der Waals surface area contributed by atoms with Gasteiger partial charge in [0.15, 0.2) is 0 Å². The van der Waals surface area contributed by atoms with Gasteiger partial charge in [-0.15, -0.1) is 5.10 Å². The van der Waals surface area contributed by atoms with Gasteiger partial charge in [-0.2, -0.15) is 0 Å². The molecule has 0 spiro atoms. The van der Waals surface area contributed by atoms with E-state index in [-0.39, 0.29) is 5.91 Å². The molecule has 1 N–H and O–H groups in total. The van der Waals surface area contributed by atoms with Crippen LogP contribution in [-0.2, 0) is 0 Å². The van der Waals surface area contributed by atoms with E-state index in [2.05, 4.69) is 30.8 Å². The van der Waals surface area contributed by atoms with Crippen LogP contribution in [0.3, 0.4) is 0 Å². The summed E-state index contributed by atoms with van der Waals surface area (Å²) in [5.41, 5.74) is 4.88. The SMILES string of the molecule is COc1cc(-n2cnnn2)ccc1NC(=O)c1ccc2nc(C)c(C)nc2c1. The Labute approximate surface area is 160 Å². The first-order valence-electron chi connectivity index (χ1n) is 8.53. The maximum absolute atomic E-state index is 12.7. The van der Waals surface area contributed by atoms with Gasteiger partial charge in [-0.1, -0.05) is 0 Å². The van der Waals surface area contributed by atoms with Crippen LogP contribution >= 0.6 is 0 Å². The second-order valence-corrected chi connectivity index (χ2v) is 6.19. The highest BCUT2D eigenvalue weighted by Crippen LogP contribution is 2.27. The van der Waals surface area contributed by atoms with Crippen molar-refractivity contribution >= 4 is 22.6 Å². The van der Waals surface area contributed by atoms with Gasteiger partial charge in [-0.3, -0.25) is 4.79 Å². The lowest BCUT2D eigenvalue weighted by Crippen LogP contribution is -2.13. The summed E-state index contributed by atoms with van der Waals surface area (Å²) in [6, 6.07) is 10.5. The Morgan fingerprint density at radius 3 is 2.54 bits per heavy atom. The van der Waals surface area contributed by atoms with Gasteiger partial charge in [0.05, 0.1) is 40.9 Å². The molecule has 0 aliphatic rings. The Bertz CT molecular complexity index is 1170. The molecule has 0 atom stereocenters. The molecule has 2 aromatic carbocycles. The van der Waals surface area contributed by atoms with Gasteiger partial charge >= 0.3 is 0 Å². The van der Waals surface area contributed by atoms with Crippen molar-refractivity contribution in [1.82, 2.24) is 30.2 Å². The Hall–Kier alpha value is -3.88. The van der Waals surface area contributed by atoms with Crippen LogP contribution in [0.15, 0.2) is 42.7 Å². The number of fused-ring (bicyclic) bond motifs is 1. The molecule has 0 unspecified atom stereocenters. The maximum atomic E-state index is 12.7. The predicted molar refractivity (Wildman–Crippen MR) is 103 cm³/mol. The number of tetrazole rings is 1. The Kier molecular flexibility index (Phi) is 4.40. The Morgan fingerprint density at radius 2 is 1.82 bits per heavy atom. The summed E-state index contributed by atoms with van der Waals surface area (Å²) in [5, 5.41) is 13.9. The maximum Gasteiger partial charge on any atom is 0.255 e. The fraction of sp³-hybridized carbons (Fsp3) is 0.158. The number of amides is 1. The summed E-state index contributed by atoms with van der Waals surface area (Å²) in [5.74, 6) is 0.226. The molecule has 140 valence electrons. The first-order valence-corrected chi connectivity index (χ1v) is 8.53. The zero-order chi connectivity index (χ0) is 19.7. The fourth-order valence-corrected chi connectivity index (χ4v) is 2.77. The third-order valence-corrected chi connectivity index (χ3v) is 4.38. The van der Waals surface area contributed by atoms with Crippen molar-refractivity contribution in [1.29, 1.82) is 0 Å². The number of hydrogen-bond donors (Lipinski definition) is 1. The monoisotopic (exact) mass is 375 g/mol. The lowest BCUT2D eigenvalue weighted by molar-refractivity contribution is 0.102. The van der Waals surface area contributed by atoms with E-state index in [1.165, 1.54) is 18.1 Å². The molecule has 4 rings (SSSR count). The minimum atomic E-state index is -0.268. The summed E-state index contributed by atoms with van der Waals surface area (Å²) in [6.07, 6.45) is 1.48. The van der Waals surface area contributed by atoms with E-state index in [1.54, 1.807) is 36.4 Å². The van der Waals surface area contributed by atoms with Crippen molar-refractivity contribution in [2.75, 3.05) is 12.4 Å². The summed E-state index contributed by atoms with van der Waals surface area (Å²) in [6.45, 7) is 3.80. The van der Waals surface area contributed by atoms with Crippen molar-refractivity contribution in [3.05, 3.63) is 59.7 Å². The number of hydrogen-bond acceptors (Lipinski definition) is 7. The molecule has 0 radical (unpaired) electrons. The number of carbonyl (C=O) groups excluding carboxylic acids is 1. The number of ether oxygens (including phenoxy) is 1. The van der Waals surface area contributed by atoms with Crippen LogP contribution < -0.4 is 10.1 Å². The summed E-state index contributed by atoms with van der Waals surface area (Å²) in [4.78, 5) is 21.7. The topological polar surface area (TPSA) is 108 Å². The van der Waals surface area contributed by atoms with E-state index in [9.17, 15) is 4.79 Å². The fourth-order valence-electron chi connectivity index (χ4n) is 2.77. The average Bonchev–Trinajstić information content (AvgIpc) is 3.23. The van der Waals surface area contributed by atoms with Crippen molar-refractivity contribution in [2.45, 2.75) is 13.8 Å². The number of rotatable bonds is 4. The van der Waals surface area contributed by atoms with Crippen molar-refractivity contribution < 1.29 is 9.53 Å². The molecule has 4 aromatic rings. The first kappa shape index (κ1) is 17.5. The smallest absolute Gasteiger partial charge is 0.255 e. The number of carbonyl (C=O) groups is 1. The van der Waals surface area contributed by atoms with Crippen LogP contribution in [0.25, 0.3) is 16.7 Å². The van der Waals surface area contributed by atoms with Crippen LogP contribution in [0, 0.1) is 13.8 Å². The molecule has 0 saturated heterocycles. The Morgan fingerprint density at radius 1 is 1.04 bits per heavy atom. The lowest BCUT2D eigenvalue weighted by atomic mass is 10.1. The van der Waals surface area contributed by atoms with Gasteiger partial charge in [0.1, 0.15) is 12.1 Å². The van der Waals surface area contributed by atoms with E-state index < -0.39 is 0 Å². The average molecular weight is 375 g/mol. The molecule has 28 heavy (non-hydrogen) atoms. The highest BCUT2D eigenvalue weighted by atomic mass is 16.5. The normalized spacial score (nSPS) is 10.8. The number of methoxy groups -OCH3 is 1. The second-order valence-electron chi connectivity index (χ2n) is 6.19. The number of anilines is 1. The van der Waals surface area contributed by atoms with Crippen molar-refractivity contribution in [3.8, 4) is 11.4 Å². The molecule has 0 bridgehead atoms. The molecule has 0 saturated carbocycles. The predicted octanol–water partition coefficient (Wildman–Crippen LogP) is 2.48. The summed E-state index contributed by atoms with van der Waals surface area (Å²) in [7, 11) is 1.53. The largest absolute Gasteiger partial charge is 0.494 e. The number of aromatic nitrogens is 6. The third kappa shape index (κ3) is 3.25. The third-order valence-electron chi connectivity index (χ3n) is 4.38. The minimum Gasteiger partial charge on any atom is -0.494 e. The zero-order valence-electron chi connectivity index (χ0n) is 15.5. The first-order chi connectivity index (χ1) is 13.5. The number of nitrogens with zero attached hydrogens (tertiary/aromatic N) is 6. The summed E-state index contributed by atoms with van der Waals surface area (Å²) < 4.78 is 6.90. The molecule has 0 aliphatic heterocycles. The molecule has 2 heterocycles. The quantitative estimate of drug-likeness (QED) is 0.584. The van der Waals surface area contributed by atoms with E-state index >= 15 is 0 Å². The van der Waals surface area contributed by atoms with Crippen molar-refractivity contribution in [2.24, 2.45) is 0 Å². The van der Waals surface area contributed by atoms with E-state index in [0.29, 0.717) is 28.2 Å². The Balaban J connectivity index is 1.63. The molecule has 1 amide bonds. The van der Waals surface area contributed by atoms with E-state index in [1.807, 2.05) is 13.8 Å². The molecule has 0 aliphatic carbocycles. The van der Waals surface area contributed by atoms with Crippen LogP contribution in [0.5, 0.6) is 5.75 Å². The van der Waals surface area contributed by atoms with Crippen LogP contribution in [-0.4, -0.2) is 43.2 Å². The van der Waals surface area contributed by atoms with Gasteiger partial charge in [0.2, 0.25) is 0 Å². The molecular weight excluding hydrogens is 358 g/mol. The zero-order valence-corrected chi connectivity index (χ0v) is 15.5. The van der Waals surface area contributed by atoms with Gasteiger partial charge in [-0.05, 0) is 54.6 Å². The number of aryl methyl sites for hydroxylation is 2. The molecule has 0 fully saturated rings. The van der Waals surface area contributed by atoms with Crippen LogP contribution in [0.1, 0.15) is 21.7 Å². The van der Waals surface area contributed by atoms with E-state index in [4.69, 9.17) is 4.74 Å². The molecule has 9 heteroatoms. The highest BCUT2D eigenvalue weighted by Gasteiger charge is 2.13. The highest BCUT2D eigenvalue weighted by molar-refractivity contribution is 6.06. The van der Waals surface area contributed by atoms with Crippen LogP contribution in [0.4, 0.5) is 5.69 Å². The molecular formula is C19H17N7O2. The second kappa shape index (κ2) is 7.03.